The summed E-state index contributed by atoms with van der Waals surface area (Å²) >= 11 is 0. The van der Waals surface area contributed by atoms with Crippen molar-refractivity contribution in [1.29, 1.82) is 0 Å². The van der Waals surface area contributed by atoms with Gasteiger partial charge in [-0.3, -0.25) is 4.79 Å². The monoisotopic (exact) mass is 181 g/mol. The van der Waals surface area contributed by atoms with Gasteiger partial charge in [-0.05, 0) is 13.5 Å². The summed E-state index contributed by atoms with van der Waals surface area (Å²) in [5, 5.41) is 0. The number of likely N-dealkylation sites (N-methyl/N-ethyl adjacent to an activating group) is 1. The fraction of sp³-hybridized carbons (Fsp3) is 0.667. The summed E-state index contributed by atoms with van der Waals surface area (Å²) in [5.41, 5.74) is 6.50. The third-order valence-electron chi connectivity index (χ3n) is 2.70. The zero-order valence-corrected chi connectivity index (χ0v) is 7.86. The lowest BCUT2D eigenvalue weighted by atomic mass is 10.2. The van der Waals surface area contributed by atoms with E-state index < -0.39 is 0 Å². The molecule has 0 radical (unpaired) electrons. The van der Waals surface area contributed by atoms with Gasteiger partial charge in [0, 0.05) is 25.3 Å². The first-order valence-corrected chi connectivity index (χ1v) is 4.62. The molecule has 1 saturated heterocycles. The second kappa shape index (κ2) is 3.03. The lowest BCUT2D eigenvalue weighted by Gasteiger charge is -2.22. The highest BCUT2D eigenvalue weighted by Crippen LogP contribution is 2.27. The van der Waals surface area contributed by atoms with Crippen LogP contribution in [0.15, 0.2) is 11.8 Å². The Morgan fingerprint density at radius 3 is 2.92 bits per heavy atom. The summed E-state index contributed by atoms with van der Waals surface area (Å²) in [6, 6.07) is -0.0188. The molecule has 2 heterocycles. The van der Waals surface area contributed by atoms with E-state index in [2.05, 4.69) is 22.9 Å². The fourth-order valence-electron chi connectivity index (χ4n) is 1.72. The van der Waals surface area contributed by atoms with E-state index in [0.29, 0.717) is 0 Å². The van der Waals surface area contributed by atoms with E-state index in [0.717, 1.165) is 26.1 Å². The number of nitrogens with two attached hydrogens (primary N) is 1. The molecule has 1 atom stereocenters. The normalized spacial score (nSPS) is 28.5. The molecular weight excluding hydrogens is 166 g/mol. The summed E-state index contributed by atoms with van der Waals surface area (Å²) in [6.07, 6.45) is 3.23. The van der Waals surface area contributed by atoms with E-state index in [1.807, 2.05) is 0 Å². The number of primary amides is 1. The van der Waals surface area contributed by atoms with Gasteiger partial charge in [0.25, 0.3) is 0 Å². The van der Waals surface area contributed by atoms with Gasteiger partial charge in [0.15, 0.2) is 0 Å². The molecule has 13 heavy (non-hydrogen) atoms. The van der Waals surface area contributed by atoms with Crippen molar-refractivity contribution in [3.63, 3.8) is 0 Å². The average Bonchev–Trinajstić information content (AvgIpc) is 2.85. The van der Waals surface area contributed by atoms with Gasteiger partial charge in [-0.2, -0.15) is 0 Å². The van der Waals surface area contributed by atoms with Crippen LogP contribution in [0.3, 0.4) is 0 Å². The number of carbonyl (C=O) groups excluding carboxylic acids is 1. The first-order chi connectivity index (χ1) is 6.18. The number of nitrogens with zero attached hydrogens (tertiary/aromatic N) is 2. The molecule has 0 bridgehead atoms. The molecule has 0 aromatic rings. The van der Waals surface area contributed by atoms with Crippen LogP contribution in [0, 0.1) is 0 Å². The highest BCUT2D eigenvalue weighted by molar-refractivity contribution is 5.83. The highest BCUT2D eigenvalue weighted by Gasteiger charge is 2.40. The maximum absolute atomic E-state index is 10.8. The molecule has 0 aromatic carbocycles. The molecule has 1 unspecified atom stereocenters. The van der Waals surface area contributed by atoms with Crippen LogP contribution in [0.2, 0.25) is 0 Å². The second-order valence-corrected chi connectivity index (χ2v) is 3.78. The van der Waals surface area contributed by atoms with E-state index in [9.17, 15) is 4.79 Å². The first kappa shape index (κ1) is 8.56. The second-order valence-electron chi connectivity index (χ2n) is 3.78. The van der Waals surface area contributed by atoms with Crippen molar-refractivity contribution in [2.24, 2.45) is 5.73 Å². The van der Waals surface area contributed by atoms with Crippen LogP contribution in [-0.2, 0) is 4.79 Å². The van der Waals surface area contributed by atoms with E-state index in [1.54, 1.807) is 0 Å². The molecule has 2 rings (SSSR count). The Kier molecular flexibility index (Phi) is 2.00. The van der Waals surface area contributed by atoms with Crippen molar-refractivity contribution >= 4 is 5.91 Å². The Morgan fingerprint density at radius 2 is 2.46 bits per heavy atom. The smallest absolute Gasteiger partial charge is 0.241 e. The van der Waals surface area contributed by atoms with Crippen molar-refractivity contribution in [3.05, 3.63) is 11.8 Å². The Labute approximate surface area is 78.0 Å². The third kappa shape index (κ3) is 1.67. The number of carbonyl (C=O) groups is 1. The van der Waals surface area contributed by atoms with Crippen LogP contribution in [0.5, 0.6) is 0 Å². The Morgan fingerprint density at radius 1 is 1.69 bits per heavy atom. The van der Waals surface area contributed by atoms with E-state index in [1.165, 1.54) is 5.70 Å². The molecule has 2 aliphatic heterocycles. The van der Waals surface area contributed by atoms with Gasteiger partial charge in [-0.1, -0.05) is 6.08 Å². The topological polar surface area (TPSA) is 49.3 Å². The Bertz CT molecular complexity index is 262. The average molecular weight is 181 g/mol. The number of hydrogen-bond acceptors (Lipinski definition) is 3. The summed E-state index contributed by atoms with van der Waals surface area (Å²) in [4.78, 5) is 15.2. The number of hydrogen-bond donors (Lipinski definition) is 1. The summed E-state index contributed by atoms with van der Waals surface area (Å²) in [7, 11) is 2.10. The molecule has 4 heteroatoms. The molecule has 0 spiro atoms. The predicted molar refractivity (Wildman–Crippen MR) is 49.9 cm³/mol. The van der Waals surface area contributed by atoms with E-state index >= 15 is 0 Å². The molecular formula is C9H15N3O. The summed E-state index contributed by atoms with van der Waals surface area (Å²) in [5.74, 6) is -0.195. The fourth-order valence-corrected chi connectivity index (χ4v) is 1.72. The van der Waals surface area contributed by atoms with Crippen LogP contribution in [0.25, 0.3) is 0 Å². The minimum atomic E-state index is -0.195. The summed E-state index contributed by atoms with van der Waals surface area (Å²) < 4.78 is 0. The van der Waals surface area contributed by atoms with Crippen molar-refractivity contribution in [2.75, 3.05) is 26.7 Å². The molecule has 2 aliphatic rings. The van der Waals surface area contributed by atoms with Crippen LogP contribution in [-0.4, -0.2) is 48.4 Å². The van der Waals surface area contributed by atoms with Crippen LogP contribution in [0.1, 0.15) is 6.42 Å². The molecule has 0 aromatic heterocycles. The van der Waals surface area contributed by atoms with Crippen LogP contribution < -0.4 is 5.73 Å². The predicted octanol–water partition coefficient (Wildman–Crippen LogP) is -0.625. The maximum atomic E-state index is 10.8. The van der Waals surface area contributed by atoms with Gasteiger partial charge in [0.05, 0.1) is 0 Å². The van der Waals surface area contributed by atoms with Crippen molar-refractivity contribution in [3.8, 4) is 0 Å². The van der Waals surface area contributed by atoms with Gasteiger partial charge >= 0.3 is 0 Å². The number of rotatable bonds is 2. The third-order valence-corrected chi connectivity index (χ3v) is 2.70. The largest absolute Gasteiger partial charge is 0.368 e. The van der Waals surface area contributed by atoms with Gasteiger partial charge in [0.1, 0.15) is 6.04 Å². The SMILES string of the molecule is CN1CC=C(N2CC2C(N)=O)CC1. The lowest BCUT2D eigenvalue weighted by Crippen LogP contribution is -2.28. The number of amides is 1. The highest BCUT2D eigenvalue weighted by atomic mass is 16.1. The Hall–Kier alpha value is -1.03. The maximum Gasteiger partial charge on any atom is 0.241 e. The Balaban J connectivity index is 1.94. The molecule has 4 nitrogen and oxygen atoms in total. The first-order valence-electron chi connectivity index (χ1n) is 4.62. The molecule has 72 valence electrons. The zero-order valence-electron chi connectivity index (χ0n) is 7.86. The molecule has 0 aliphatic carbocycles. The quantitative estimate of drug-likeness (QED) is 0.577. The molecule has 1 amide bonds. The van der Waals surface area contributed by atoms with Gasteiger partial charge < -0.3 is 15.5 Å². The van der Waals surface area contributed by atoms with E-state index in [4.69, 9.17) is 5.73 Å². The van der Waals surface area contributed by atoms with Crippen molar-refractivity contribution in [2.45, 2.75) is 12.5 Å². The lowest BCUT2D eigenvalue weighted by molar-refractivity contribution is -0.118. The molecule has 0 saturated carbocycles. The van der Waals surface area contributed by atoms with E-state index in [-0.39, 0.29) is 11.9 Å². The van der Waals surface area contributed by atoms with Crippen LogP contribution >= 0.6 is 0 Å². The van der Waals surface area contributed by atoms with Crippen molar-refractivity contribution in [1.82, 2.24) is 9.80 Å². The standard InChI is InChI=1S/C9H15N3O/c1-11-4-2-7(3-5-11)12-6-8(12)9(10)13/h2,8H,3-6H2,1H3,(H2,10,13). The van der Waals surface area contributed by atoms with Gasteiger partial charge in [-0.25, -0.2) is 0 Å². The van der Waals surface area contributed by atoms with Crippen molar-refractivity contribution < 1.29 is 4.79 Å². The summed E-state index contributed by atoms with van der Waals surface area (Å²) in [6.45, 7) is 2.88. The van der Waals surface area contributed by atoms with Crippen LogP contribution in [0.4, 0.5) is 0 Å². The molecule has 2 N–H and O–H groups in total. The van der Waals surface area contributed by atoms with Gasteiger partial charge in [0.2, 0.25) is 5.91 Å². The zero-order chi connectivity index (χ0) is 9.42. The van der Waals surface area contributed by atoms with Gasteiger partial charge in [-0.15, -0.1) is 0 Å². The minimum Gasteiger partial charge on any atom is -0.368 e. The molecule has 1 fully saturated rings. The minimum absolute atomic E-state index is 0.0188.